The van der Waals surface area contributed by atoms with Gasteiger partial charge in [0.2, 0.25) is 0 Å². The highest BCUT2D eigenvalue weighted by atomic mass is 16.5. The number of hydrogen-bond donors (Lipinski definition) is 2. The lowest BCUT2D eigenvalue weighted by Gasteiger charge is -2.57. The number of carbonyl (C=O) groups is 1. The van der Waals surface area contributed by atoms with E-state index in [-0.39, 0.29) is 24.1 Å². The van der Waals surface area contributed by atoms with Gasteiger partial charge in [-0.2, -0.15) is 0 Å². The summed E-state index contributed by atoms with van der Waals surface area (Å²) in [6.45, 7) is 22.5. The van der Waals surface area contributed by atoms with E-state index in [1.54, 1.807) is 13.2 Å². The van der Waals surface area contributed by atoms with Crippen molar-refractivity contribution in [3.8, 4) is 5.75 Å². The molecule has 2 N–H and O–H groups in total. The SMILES string of the molecule is C=C(CCN(CCN1CCC([C@H](C)n2c(C)c(C(=O)NCc3c(OC)cc(C)[nH]c3=O)c3ccccc32)CC1)CCC12CC3CC(CC(C3)C1)C2)CC(C)CC. The van der Waals surface area contributed by atoms with Gasteiger partial charge < -0.3 is 29.4 Å². The first-order valence-corrected chi connectivity index (χ1v) is 22.2. The third-order valence-corrected chi connectivity index (χ3v) is 15.0. The van der Waals surface area contributed by atoms with Gasteiger partial charge in [-0.15, -0.1) is 0 Å². The van der Waals surface area contributed by atoms with Crippen LogP contribution in [0.4, 0.5) is 0 Å². The van der Waals surface area contributed by atoms with Crippen molar-refractivity contribution in [3.05, 3.63) is 75.4 Å². The first-order valence-electron chi connectivity index (χ1n) is 22.2. The highest BCUT2D eigenvalue weighted by Gasteiger charge is 2.50. The average molecular weight is 766 g/mol. The van der Waals surface area contributed by atoms with Crippen LogP contribution in [0.25, 0.3) is 10.9 Å². The van der Waals surface area contributed by atoms with Crippen LogP contribution in [0.15, 0.2) is 47.3 Å². The van der Waals surface area contributed by atoms with E-state index in [9.17, 15) is 9.59 Å². The van der Waals surface area contributed by atoms with Crippen LogP contribution in [-0.4, -0.2) is 71.6 Å². The van der Waals surface area contributed by atoms with Crippen molar-refractivity contribution >= 4 is 16.8 Å². The summed E-state index contributed by atoms with van der Waals surface area (Å²) < 4.78 is 7.88. The number of carbonyl (C=O) groups excluding carboxylic acids is 1. The molecular weight excluding hydrogens is 695 g/mol. The van der Waals surface area contributed by atoms with E-state index in [1.165, 1.54) is 63.5 Å². The molecule has 56 heavy (non-hydrogen) atoms. The molecule has 2 aromatic heterocycles. The molecule has 4 aliphatic carbocycles. The average Bonchev–Trinajstić information content (AvgIpc) is 3.47. The molecule has 4 saturated carbocycles. The lowest BCUT2D eigenvalue weighted by molar-refractivity contribution is -0.0611. The number of piperidine rings is 1. The van der Waals surface area contributed by atoms with Crippen LogP contribution in [0.2, 0.25) is 0 Å². The number of aromatic nitrogens is 2. The van der Waals surface area contributed by atoms with Gasteiger partial charge in [0.05, 0.1) is 24.8 Å². The highest BCUT2D eigenvalue weighted by Crippen LogP contribution is 2.61. The molecule has 0 spiro atoms. The maximum atomic E-state index is 13.9. The lowest BCUT2D eigenvalue weighted by Crippen LogP contribution is -2.48. The Morgan fingerprint density at radius 3 is 2.38 bits per heavy atom. The Balaban J connectivity index is 0.970. The smallest absolute Gasteiger partial charge is 0.256 e. The molecule has 1 saturated heterocycles. The monoisotopic (exact) mass is 766 g/mol. The second-order valence-electron chi connectivity index (χ2n) is 19.0. The first-order chi connectivity index (χ1) is 27.0. The van der Waals surface area contributed by atoms with Crippen molar-refractivity contribution in [2.75, 3.05) is 46.4 Å². The molecule has 5 aliphatic rings. The topological polar surface area (TPSA) is 82.6 Å². The molecule has 5 fully saturated rings. The highest BCUT2D eigenvalue weighted by molar-refractivity contribution is 6.08. The third-order valence-electron chi connectivity index (χ3n) is 15.0. The van der Waals surface area contributed by atoms with Gasteiger partial charge in [-0.1, -0.05) is 50.6 Å². The van der Waals surface area contributed by atoms with Crippen molar-refractivity contribution in [1.29, 1.82) is 0 Å². The van der Waals surface area contributed by atoms with Gasteiger partial charge >= 0.3 is 0 Å². The van der Waals surface area contributed by atoms with Gasteiger partial charge in [-0.3, -0.25) is 9.59 Å². The Hall–Kier alpha value is -3.36. The third kappa shape index (κ3) is 9.02. The maximum Gasteiger partial charge on any atom is 0.256 e. The minimum Gasteiger partial charge on any atom is -0.496 e. The number of ether oxygens (including phenoxy) is 1. The predicted molar refractivity (Wildman–Crippen MR) is 230 cm³/mol. The van der Waals surface area contributed by atoms with Crippen molar-refractivity contribution in [1.82, 2.24) is 24.7 Å². The van der Waals surface area contributed by atoms with Crippen LogP contribution in [0, 0.1) is 48.9 Å². The Labute approximate surface area is 336 Å². The molecule has 1 amide bonds. The molecular formula is C48H71N5O3. The number of pyridine rings is 1. The van der Waals surface area contributed by atoms with Gasteiger partial charge in [0.1, 0.15) is 5.75 Å². The van der Waals surface area contributed by atoms with E-state index in [4.69, 9.17) is 4.74 Å². The Morgan fingerprint density at radius 1 is 1.04 bits per heavy atom. The molecule has 8 rings (SSSR count). The molecule has 3 aromatic rings. The van der Waals surface area contributed by atoms with E-state index < -0.39 is 0 Å². The van der Waals surface area contributed by atoms with Crippen molar-refractivity contribution < 1.29 is 9.53 Å². The Bertz CT molecular complexity index is 1860. The predicted octanol–water partition coefficient (Wildman–Crippen LogP) is 9.45. The summed E-state index contributed by atoms with van der Waals surface area (Å²) in [5.74, 6) is 4.63. The zero-order chi connectivity index (χ0) is 39.6. The number of hydrogen-bond acceptors (Lipinski definition) is 5. The maximum absolute atomic E-state index is 13.9. The van der Waals surface area contributed by atoms with Crippen LogP contribution in [-0.2, 0) is 6.54 Å². The molecule has 0 radical (unpaired) electrons. The van der Waals surface area contributed by atoms with Gasteiger partial charge in [-0.05, 0) is 158 Å². The van der Waals surface area contributed by atoms with E-state index >= 15 is 0 Å². The minimum absolute atomic E-state index is 0.0943. The molecule has 3 heterocycles. The second-order valence-corrected chi connectivity index (χ2v) is 19.0. The number of aromatic amines is 1. The molecule has 4 bridgehead atoms. The Morgan fingerprint density at radius 2 is 1.71 bits per heavy atom. The van der Waals surface area contributed by atoms with Crippen molar-refractivity contribution in [3.63, 3.8) is 0 Å². The van der Waals surface area contributed by atoms with Gasteiger partial charge in [-0.25, -0.2) is 0 Å². The second kappa shape index (κ2) is 17.6. The number of para-hydroxylation sites is 1. The van der Waals surface area contributed by atoms with Crippen LogP contribution in [0.5, 0.6) is 5.75 Å². The van der Waals surface area contributed by atoms with Crippen LogP contribution >= 0.6 is 0 Å². The number of fused-ring (bicyclic) bond motifs is 1. The number of methoxy groups -OCH3 is 1. The van der Waals surface area contributed by atoms with E-state index in [0.717, 1.165) is 104 Å². The summed E-state index contributed by atoms with van der Waals surface area (Å²) in [5, 5.41) is 4.00. The number of H-pyrrole nitrogens is 1. The van der Waals surface area contributed by atoms with Gasteiger partial charge in [0, 0.05) is 48.0 Å². The molecule has 8 heteroatoms. The van der Waals surface area contributed by atoms with Crippen LogP contribution in [0.1, 0.15) is 131 Å². The number of rotatable bonds is 18. The normalized spacial score (nSPS) is 24.9. The lowest BCUT2D eigenvalue weighted by atomic mass is 9.49. The summed E-state index contributed by atoms with van der Waals surface area (Å²) in [6, 6.07) is 10.3. The minimum atomic E-state index is -0.241. The number of amides is 1. The molecule has 306 valence electrons. The zero-order valence-corrected chi connectivity index (χ0v) is 35.6. The number of likely N-dealkylation sites (tertiary alicyclic amines) is 1. The van der Waals surface area contributed by atoms with Crippen LogP contribution < -0.4 is 15.6 Å². The number of nitrogens with one attached hydrogen (secondary N) is 2. The molecule has 8 nitrogen and oxygen atoms in total. The zero-order valence-electron chi connectivity index (χ0n) is 35.6. The summed E-state index contributed by atoms with van der Waals surface area (Å²) in [5.41, 5.74) is 5.73. The molecule has 1 aliphatic heterocycles. The fraction of sp³-hybridized carbons (Fsp3) is 0.667. The largest absolute Gasteiger partial charge is 0.496 e. The quantitative estimate of drug-likeness (QED) is 0.126. The van der Waals surface area contributed by atoms with Crippen molar-refractivity contribution in [2.45, 2.75) is 124 Å². The molecule has 1 aromatic carbocycles. The first kappa shape index (κ1) is 40.8. The summed E-state index contributed by atoms with van der Waals surface area (Å²) in [7, 11) is 1.55. The van der Waals surface area contributed by atoms with E-state index in [1.807, 2.05) is 13.0 Å². The fourth-order valence-electron chi connectivity index (χ4n) is 12.0. The molecule has 1 unspecified atom stereocenters. The summed E-state index contributed by atoms with van der Waals surface area (Å²) in [4.78, 5) is 35.0. The van der Waals surface area contributed by atoms with Gasteiger partial charge in [0.15, 0.2) is 0 Å². The number of nitrogens with zero attached hydrogens (tertiary/aromatic N) is 3. The Kier molecular flexibility index (Phi) is 12.9. The number of benzene rings is 1. The molecule has 2 atom stereocenters. The fourth-order valence-corrected chi connectivity index (χ4v) is 12.0. The van der Waals surface area contributed by atoms with Crippen LogP contribution in [0.3, 0.4) is 0 Å². The summed E-state index contributed by atoms with van der Waals surface area (Å²) >= 11 is 0. The number of aryl methyl sites for hydroxylation is 1. The summed E-state index contributed by atoms with van der Waals surface area (Å²) in [6.07, 6.45) is 16.3. The van der Waals surface area contributed by atoms with E-state index in [2.05, 4.69) is 77.1 Å². The standard InChI is InChI=1S/C48H71N5O3/c1-8-32(2)23-33(3)13-17-52(20-16-48-28-37-25-38(29-48)27-39(26-37)30-48)22-21-51-18-14-40(15-19-51)35(5)53-36(6)45(41-11-9-10-12-43(41)53)47(55)49-31-42-44(56-7)24-34(4)50-46(42)54/h9-12,24,32,35,37-40H,3,8,13-23,25-31H2,1-2,4-7H3,(H,49,55)(H,50,54)/t32?,35-,37?,38?,39?,48?/m0/s1. The van der Waals surface area contributed by atoms with Gasteiger partial charge in [0.25, 0.3) is 11.5 Å². The van der Waals surface area contributed by atoms with E-state index in [0.29, 0.717) is 28.2 Å². The van der Waals surface area contributed by atoms with Crippen molar-refractivity contribution in [2.24, 2.45) is 35.0 Å².